The summed E-state index contributed by atoms with van der Waals surface area (Å²) in [6.45, 7) is 15.4. The van der Waals surface area contributed by atoms with Crippen LogP contribution in [0.1, 0.15) is 66.7 Å². The lowest BCUT2D eigenvalue weighted by Crippen LogP contribution is -2.56. The van der Waals surface area contributed by atoms with Gasteiger partial charge in [0.15, 0.2) is 0 Å². The van der Waals surface area contributed by atoms with Gasteiger partial charge in [0, 0.05) is 25.2 Å². The molecule has 0 bridgehead atoms. The molecular weight excluding hydrogens is 232 g/mol. The maximum atomic E-state index is 3.75. The Morgan fingerprint density at radius 3 is 2.42 bits per heavy atom. The summed E-state index contributed by atoms with van der Waals surface area (Å²) in [5.74, 6) is 1.66. The maximum absolute atomic E-state index is 3.75. The highest BCUT2D eigenvalue weighted by molar-refractivity contribution is 4.85. The lowest BCUT2D eigenvalue weighted by molar-refractivity contribution is 0.116. The van der Waals surface area contributed by atoms with Gasteiger partial charge >= 0.3 is 0 Å². The average molecular weight is 268 g/mol. The Bertz CT molecular complexity index is 225. The molecule has 2 unspecified atom stereocenters. The first-order chi connectivity index (χ1) is 9.02. The monoisotopic (exact) mass is 268 g/mol. The minimum Gasteiger partial charge on any atom is -0.311 e. The van der Waals surface area contributed by atoms with Gasteiger partial charge in [0.2, 0.25) is 0 Å². The van der Waals surface area contributed by atoms with Gasteiger partial charge in [0.25, 0.3) is 0 Å². The Labute approximate surface area is 121 Å². The standard InChI is InChI=1S/C17H36N2/c1-6-17-12-18-16(11-15(4)5)13-19(17)10-8-7-9-14(2)3/h14-18H,6-13H2,1-5H3. The number of piperazine rings is 1. The molecule has 1 saturated heterocycles. The normalized spacial score (nSPS) is 25.4. The third kappa shape index (κ3) is 6.76. The van der Waals surface area contributed by atoms with E-state index in [0.29, 0.717) is 6.04 Å². The van der Waals surface area contributed by atoms with Crippen LogP contribution in [0.25, 0.3) is 0 Å². The molecule has 1 rings (SSSR count). The zero-order chi connectivity index (χ0) is 14.3. The number of nitrogens with one attached hydrogen (secondary N) is 1. The van der Waals surface area contributed by atoms with Crippen molar-refractivity contribution in [2.24, 2.45) is 11.8 Å². The number of hydrogen-bond donors (Lipinski definition) is 1. The predicted octanol–water partition coefficient (Wildman–Crippen LogP) is 3.91. The molecule has 1 N–H and O–H groups in total. The molecule has 0 aromatic carbocycles. The molecule has 0 aromatic rings. The van der Waals surface area contributed by atoms with E-state index in [1.54, 1.807) is 0 Å². The smallest absolute Gasteiger partial charge is 0.0218 e. The van der Waals surface area contributed by atoms with Crippen molar-refractivity contribution >= 4 is 0 Å². The number of nitrogens with zero attached hydrogens (tertiary/aromatic N) is 1. The van der Waals surface area contributed by atoms with E-state index in [2.05, 4.69) is 44.8 Å². The summed E-state index contributed by atoms with van der Waals surface area (Å²) < 4.78 is 0. The summed E-state index contributed by atoms with van der Waals surface area (Å²) >= 11 is 0. The topological polar surface area (TPSA) is 15.3 Å². The molecule has 1 fully saturated rings. The molecular formula is C17H36N2. The largest absolute Gasteiger partial charge is 0.311 e. The van der Waals surface area contributed by atoms with Crippen molar-refractivity contribution in [3.8, 4) is 0 Å². The highest BCUT2D eigenvalue weighted by atomic mass is 15.2. The first kappa shape index (κ1) is 17.0. The molecule has 0 saturated carbocycles. The Balaban J connectivity index is 2.32. The molecule has 0 aromatic heterocycles. The molecule has 0 aliphatic carbocycles. The van der Waals surface area contributed by atoms with Crippen molar-refractivity contribution in [1.82, 2.24) is 10.2 Å². The third-order valence-electron chi connectivity index (χ3n) is 4.32. The Morgan fingerprint density at radius 2 is 1.84 bits per heavy atom. The minimum absolute atomic E-state index is 0.716. The summed E-state index contributed by atoms with van der Waals surface area (Å²) in [6, 6.07) is 1.48. The number of rotatable bonds is 8. The summed E-state index contributed by atoms with van der Waals surface area (Å²) in [5, 5.41) is 3.75. The lowest BCUT2D eigenvalue weighted by Gasteiger charge is -2.41. The van der Waals surface area contributed by atoms with E-state index in [0.717, 1.165) is 17.9 Å². The fourth-order valence-corrected chi connectivity index (χ4v) is 3.20. The van der Waals surface area contributed by atoms with Crippen molar-refractivity contribution in [2.75, 3.05) is 19.6 Å². The Morgan fingerprint density at radius 1 is 1.11 bits per heavy atom. The van der Waals surface area contributed by atoms with E-state index < -0.39 is 0 Å². The average Bonchev–Trinajstić information content (AvgIpc) is 2.34. The van der Waals surface area contributed by atoms with Crippen molar-refractivity contribution in [3.05, 3.63) is 0 Å². The van der Waals surface area contributed by atoms with Crippen molar-refractivity contribution < 1.29 is 0 Å². The van der Waals surface area contributed by atoms with Gasteiger partial charge in [-0.05, 0) is 37.6 Å². The van der Waals surface area contributed by atoms with Gasteiger partial charge in [-0.25, -0.2) is 0 Å². The highest BCUT2D eigenvalue weighted by Gasteiger charge is 2.26. The van der Waals surface area contributed by atoms with E-state index in [4.69, 9.17) is 0 Å². The zero-order valence-corrected chi connectivity index (χ0v) is 13.9. The molecule has 2 heteroatoms. The second kappa shape index (κ2) is 8.97. The third-order valence-corrected chi connectivity index (χ3v) is 4.32. The van der Waals surface area contributed by atoms with Crippen molar-refractivity contribution in [1.29, 1.82) is 0 Å². The first-order valence-corrected chi connectivity index (χ1v) is 8.50. The molecule has 0 amide bonds. The van der Waals surface area contributed by atoms with Crippen LogP contribution < -0.4 is 5.32 Å². The van der Waals surface area contributed by atoms with Gasteiger partial charge in [-0.3, -0.25) is 4.90 Å². The summed E-state index contributed by atoms with van der Waals surface area (Å²) in [5.41, 5.74) is 0. The highest BCUT2D eigenvalue weighted by Crippen LogP contribution is 2.16. The van der Waals surface area contributed by atoms with Crippen LogP contribution in [-0.2, 0) is 0 Å². The van der Waals surface area contributed by atoms with Crippen LogP contribution in [-0.4, -0.2) is 36.6 Å². The van der Waals surface area contributed by atoms with Gasteiger partial charge in [-0.1, -0.05) is 47.5 Å². The minimum atomic E-state index is 0.716. The van der Waals surface area contributed by atoms with Gasteiger partial charge in [-0.2, -0.15) is 0 Å². The summed E-state index contributed by atoms with van der Waals surface area (Å²) in [6.07, 6.45) is 6.76. The van der Waals surface area contributed by atoms with E-state index >= 15 is 0 Å². The van der Waals surface area contributed by atoms with E-state index in [9.17, 15) is 0 Å². The maximum Gasteiger partial charge on any atom is 0.0218 e. The molecule has 2 atom stereocenters. The molecule has 114 valence electrons. The molecule has 19 heavy (non-hydrogen) atoms. The van der Waals surface area contributed by atoms with Crippen molar-refractivity contribution in [2.45, 2.75) is 78.8 Å². The van der Waals surface area contributed by atoms with Crippen LogP contribution in [0.2, 0.25) is 0 Å². The van der Waals surface area contributed by atoms with Crippen LogP contribution in [0.3, 0.4) is 0 Å². The zero-order valence-electron chi connectivity index (χ0n) is 13.9. The van der Waals surface area contributed by atoms with Gasteiger partial charge in [-0.15, -0.1) is 0 Å². The predicted molar refractivity (Wildman–Crippen MR) is 85.6 cm³/mol. The van der Waals surface area contributed by atoms with Crippen LogP contribution >= 0.6 is 0 Å². The number of hydrogen-bond acceptors (Lipinski definition) is 2. The van der Waals surface area contributed by atoms with Crippen molar-refractivity contribution in [3.63, 3.8) is 0 Å². The summed E-state index contributed by atoms with van der Waals surface area (Å²) in [7, 11) is 0. The Hall–Kier alpha value is -0.0800. The van der Waals surface area contributed by atoms with E-state index in [1.807, 2.05) is 0 Å². The molecule has 2 nitrogen and oxygen atoms in total. The van der Waals surface area contributed by atoms with Gasteiger partial charge < -0.3 is 5.32 Å². The second-order valence-corrected chi connectivity index (χ2v) is 7.18. The van der Waals surface area contributed by atoms with Crippen LogP contribution in [0.15, 0.2) is 0 Å². The fourth-order valence-electron chi connectivity index (χ4n) is 3.20. The van der Waals surface area contributed by atoms with Gasteiger partial charge in [0.1, 0.15) is 0 Å². The van der Waals surface area contributed by atoms with E-state index in [1.165, 1.54) is 51.7 Å². The molecule has 1 aliphatic heterocycles. The lowest BCUT2D eigenvalue weighted by atomic mass is 9.98. The van der Waals surface area contributed by atoms with Crippen LogP contribution in [0.4, 0.5) is 0 Å². The fraction of sp³-hybridized carbons (Fsp3) is 1.00. The quantitative estimate of drug-likeness (QED) is 0.671. The molecule has 0 spiro atoms. The van der Waals surface area contributed by atoms with Crippen LogP contribution in [0.5, 0.6) is 0 Å². The van der Waals surface area contributed by atoms with Crippen LogP contribution in [0, 0.1) is 11.8 Å². The molecule has 1 aliphatic rings. The van der Waals surface area contributed by atoms with Gasteiger partial charge in [0.05, 0.1) is 0 Å². The second-order valence-electron chi connectivity index (χ2n) is 7.18. The number of unbranched alkanes of at least 4 members (excludes halogenated alkanes) is 1. The summed E-state index contributed by atoms with van der Waals surface area (Å²) in [4.78, 5) is 2.75. The molecule has 1 heterocycles. The Kier molecular flexibility index (Phi) is 8.01. The SMILES string of the molecule is CCC1CNC(CC(C)C)CN1CCCCC(C)C. The molecule has 0 radical (unpaired) electrons. The first-order valence-electron chi connectivity index (χ1n) is 8.50. The van der Waals surface area contributed by atoms with E-state index in [-0.39, 0.29) is 0 Å².